The molecule has 5 heteroatoms. The lowest BCUT2D eigenvalue weighted by Crippen LogP contribution is -2.41. The number of rotatable bonds is 4. The molecule has 25 heavy (non-hydrogen) atoms. The second kappa shape index (κ2) is 6.39. The van der Waals surface area contributed by atoms with Crippen molar-refractivity contribution in [2.45, 2.75) is 45.8 Å². The molecule has 1 heterocycles. The quantitative estimate of drug-likeness (QED) is 0.786. The molecule has 2 aromatic carbocycles. The molecule has 1 aliphatic rings. The van der Waals surface area contributed by atoms with Gasteiger partial charge < -0.3 is 18.8 Å². The summed E-state index contributed by atoms with van der Waals surface area (Å²) in [5, 5.41) is 0. The number of methoxy groups -OCH3 is 1. The van der Waals surface area contributed by atoms with Crippen LogP contribution in [0.25, 0.3) is 0 Å². The van der Waals surface area contributed by atoms with Gasteiger partial charge in [-0.3, -0.25) is 0 Å². The molecule has 0 bridgehead atoms. The van der Waals surface area contributed by atoms with Gasteiger partial charge in [-0.1, -0.05) is 18.2 Å². The van der Waals surface area contributed by atoms with Crippen LogP contribution in [0.4, 0.5) is 0 Å². The van der Waals surface area contributed by atoms with Crippen LogP contribution in [0.1, 0.15) is 33.3 Å². The van der Waals surface area contributed by atoms with Crippen molar-refractivity contribution in [3.63, 3.8) is 0 Å². The van der Waals surface area contributed by atoms with Gasteiger partial charge in [0.2, 0.25) is 0 Å². The predicted octanol–water partition coefficient (Wildman–Crippen LogP) is 4.10. The van der Waals surface area contributed by atoms with Gasteiger partial charge in [0.05, 0.1) is 18.3 Å². The minimum absolute atomic E-state index is 0.378. The highest BCUT2D eigenvalue weighted by atomic mass is 16.7. The second-order valence-corrected chi connectivity index (χ2v) is 7.36. The Hall–Kier alpha value is -1.98. The summed E-state index contributed by atoms with van der Waals surface area (Å²) in [6.45, 7) is 10.2. The van der Waals surface area contributed by atoms with E-state index in [1.165, 1.54) is 0 Å². The Bertz CT molecular complexity index is 740. The van der Waals surface area contributed by atoms with Crippen LogP contribution >= 0.6 is 0 Å². The van der Waals surface area contributed by atoms with Crippen molar-refractivity contribution in [2.75, 3.05) is 7.11 Å². The maximum Gasteiger partial charge on any atom is 0.495 e. The fraction of sp³-hybridized carbons (Fsp3) is 0.400. The lowest BCUT2D eigenvalue weighted by atomic mass is 9.76. The summed E-state index contributed by atoms with van der Waals surface area (Å²) in [6.07, 6.45) is 0. The molecule has 0 spiro atoms. The zero-order valence-corrected chi connectivity index (χ0v) is 15.8. The molecule has 1 saturated heterocycles. The Morgan fingerprint density at radius 2 is 1.48 bits per heavy atom. The van der Waals surface area contributed by atoms with E-state index in [1.54, 1.807) is 7.11 Å². The van der Waals surface area contributed by atoms with Crippen LogP contribution in [0.15, 0.2) is 42.5 Å². The van der Waals surface area contributed by atoms with Crippen LogP contribution in [0, 0.1) is 6.92 Å². The van der Waals surface area contributed by atoms with E-state index in [1.807, 2.05) is 77.1 Å². The van der Waals surface area contributed by atoms with E-state index in [0.717, 1.165) is 16.8 Å². The Morgan fingerprint density at radius 3 is 2.04 bits per heavy atom. The Morgan fingerprint density at radius 1 is 0.880 bits per heavy atom. The second-order valence-electron chi connectivity index (χ2n) is 7.36. The number of para-hydroxylation sites is 1. The highest BCUT2D eigenvalue weighted by Gasteiger charge is 2.52. The van der Waals surface area contributed by atoms with Crippen LogP contribution in [0.3, 0.4) is 0 Å². The van der Waals surface area contributed by atoms with E-state index >= 15 is 0 Å². The molecule has 2 aromatic rings. The van der Waals surface area contributed by atoms with Gasteiger partial charge >= 0.3 is 7.12 Å². The van der Waals surface area contributed by atoms with E-state index in [4.69, 9.17) is 18.8 Å². The third kappa shape index (κ3) is 3.39. The van der Waals surface area contributed by atoms with Gasteiger partial charge in [-0.2, -0.15) is 0 Å². The maximum atomic E-state index is 6.17. The molecule has 4 nitrogen and oxygen atoms in total. The van der Waals surface area contributed by atoms with Crippen LogP contribution in [-0.2, 0) is 9.31 Å². The molecule has 0 unspecified atom stereocenters. The fourth-order valence-corrected chi connectivity index (χ4v) is 2.76. The smallest absolute Gasteiger partial charge is 0.493 e. The predicted molar refractivity (Wildman–Crippen MR) is 100.0 cm³/mol. The van der Waals surface area contributed by atoms with Gasteiger partial charge in [-0.15, -0.1) is 0 Å². The van der Waals surface area contributed by atoms with E-state index < -0.39 is 7.12 Å². The van der Waals surface area contributed by atoms with Crippen molar-refractivity contribution in [2.24, 2.45) is 0 Å². The number of ether oxygens (including phenoxy) is 2. The van der Waals surface area contributed by atoms with Gasteiger partial charge in [0.15, 0.2) is 11.5 Å². The first-order valence-electron chi connectivity index (χ1n) is 8.50. The first-order valence-corrected chi connectivity index (χ1v) is 8.50. The zero-order valence-electron chi connectivity index (χ0n) is 15.8. The minimum Gasteiger partial charge on any atom is -0.493 e. The summed E-state index contributed by atoms with van der Waals surface area (Å²) in [5.74, 6) is 2.09. The van der Waals surface area contributed by atoms with Gasteiger partial charge in [0, 0.05) is 0 Å². The third-order valence-electron chi connectivity index (χ3n) is 5.03. The summed E-state index contributed by atoms with van der Waals surface area (Å²) in [6, 6.07) is 13.6. The monoisotopic (exact) mass is 340 g/mol. The fourth-order valence-electron chi connectivity index (χ4n) is 2.76. The molecule has 0 saturated carbocycles. The molecule has 132 valence electrons. The van der Waals surface area contributed by atoms with Crippen molar-refractivity contribution in [1.82, 2.24) is 0 Å². The molecule has 1 aliphatic heterocycles. The summed E-state index contributed by atoms with van der Waals surface area (Å²) >= 11 is 0. The average Bonchev–Trinajstić information content (AvgIpc) is 2.76. The summed E-state index contributed by atoms with van der Waals surface area (Å²) in [5.41, 5.74) is 1.23. The molecule has 3 rings (SSSR count). The molecule has 0 amide bonds. The number of hydrogen-bond donors (Lipinski definition) is 0. The van der Waals surface area contributed by atoms with E-state index in [2.05, 4.69) is 0 Å². The van der Waals surface area contributed by atoms with Crippen LogP contribution in [-0.4, -0.2) is 25.4 Å². The first kappa shape index (κ1) is 17.8. The largest absolute Gasteiger partial charge is 0.495 e. The Balaban J connectivity index is 1.93. The van der Waals surface area contributed by atoms with Crippen molar-refractivity contribution < 1.29 is 18.8 Å². The topological polar surface area (TPSA) is 36.9 Å². The number of hydrogen-bond acceptors (Lipinski definition) is 4. The van der Waals surface area contributed by atoms with Crippen molar-refractivity contribution in [3.8, 4) is 17.2 Å². The molecule has 0 N–H and O–H groups in total. The zero-order chi connectivity index (χ0) is 18.2. The van der Waals surface area contributed by atoms with Crippen LogP contribution in [0.5, 0.6) is 17.2 Å². The maximum absolute atomic E-state index is 6.17. The lowest BCUT2D eigenvalue weighted by Gasteiger charge is -2.32. The minimum atomic E-state index is -0.426. The lowest BCUT2D eigenvalue weighted by molar-refractivity contribution is 0.00578. The Labute approximate surface area is 150 Å². The average molecular weight is 340 g/mol. The van der Waals surface area contributed by atoms with Gasteiger partial charge in [0.1, 0.15) is 5.75 Å². The first-order chi connectivity index (χ1) is 11.7. The van der Waals surface area contributed by atoms with Crippen molar-refractivity contribution in [1.29, 1.82) is 0 Å². The number of aryl methyl sites for hydroxylation is 1. The Kier molecular flexibility index (Phi) is 4.56. The standard InChI is InChI=1S/C20H25BO4/c1-14-12-18(23-15-10-8-7-9-11-15)17(22-6)13-16(14)21-24-19(2,3)20(4,5)25-21/h7-13H,1-6H3. The summed E-state index contributed by atoms with van der Waals surface area (Å²) in [7, 11) is 1.21. The third-order valence-corrected chi connectivity index (χ3v) is 5.03. The van der Waals surface area contributed by atoms with Gasteiger partial charge in [-0.05, 0) is 69.9 Å². The normalized spacial score (nSPS) is 18.2. The highest BCUT2D eigenvalue weighted by Crippen LogP contribution is 2.38. The van der Waals surface area contributed by atoms with E-state index in [9.17, 15) is 0 Å². The molecule has 1 fully saturated rings. The molecule has 0 aliphatic carbocycles. The SMILES string of the molecule is COc1cc(B2OC(C)(C)C(C)(C)O2)c(C)cc1Oc1ccccc1. The molecule has 0 radical (unpaired) electrons. The molecule has 0 atom stereocenters. The molecular weight excluding hydrogens is 315 g/mol. The van der Waals surface area contributed by atoms with Crippen molar-refractivity contribution in [3.05, 3.63) is 48.0 Å². The summed E-state index contributed by atoms with van der Waals surface area (Å²) in [4.78, 5) is 0. The molecular formula is C20H25BO4. The highest BCUT2D eigenvalue weighted by molar-refractivity contribution is 6.62. The van der Waals surface area contributed by atoms with Crippen LogP contribution in [0.2, 0.25) is 0 Å². The van der Waals surface area contributed by atoms with E-state index in [-0.39, 0.29) is 11.2 Å². The van der Waals surface area contributed by atoms with Crippen LogP contribution < -0.4 is 14.9 Å². The van der Waals surface area contributed by atoms with Crippen molar-refractivity contribution >= 4 is 12.6 Å². The number of benzene rings is 2. The van der Waals surface area contributed by atoms with Gasteiger partial charge in [-0.25, -0.2) is 0 Å². The summed E-state index contributed by atoms with van der Waals surface area (Å²) < 4.78 is 23.9. The van der Waals surface area contributed by atoms with Gasteiger partial charge in [0.25, 0.3) is 0 Å². The van der Waals surface area contributed by atoms with E-state index in [0.29, 0.717) is 11.5 Å². The molecule has 0 aromatic heterocycles.